The fraction of sp³-hybridized carbons (Fsp3) is 0.381. The third-order valence-electron chi connectivity index (χ3n) is 4.90. The van der Waals surface area contributed by atoms with Crippen LogP contribution in [0.25, 0.3) is 0 Å². The summed E-state index contributed by atoms with van der Waals surface area (Å²) in [7, 11) is -10.7. The van der Waals surface area contributed by atoms with Crippen molar-refractivity contribution in [2.24, 2.45) is 0 Å². The monoisotopic (exact) mass is 468 g/mol. The maximum absolute atomic E-state index is 10.7. The summed E-state index contributed by atoms with van der Waals surface area (Å²) < 4.78 is 61.5. The van der Waals surface area contributed by atoms with Crippen molar-refractivity contribution in [3.63, 3.8) is 0 Å². The van der Waals surface area contributed by atoms with Crippen molar-refractivity contribution in [1.29, 1.82) is 0 Å². The zero-order valence-electron chi connectivity index (χ0n) is 17.4. The van der Waals surface area contributed by atoms with E-state index in [0.29, 0.717) is 0 Å². The van der Waals surface area contributed by atoms with Crippen LogP contribution in [0.1, 0.15) is 36.6 Å². The van der Waals surface area contributed by atoms with Gasteiger partial charge in [-0.15, -0.1) is 0 Å². The predicted molar refractivity (Wildman–Crippen MR) is 114 cm³/mol. The number of nitrogens with zero attached hydrogens (tertiary/aromatic N) is 2. The van der Waals surface area contributed by atoms with E-state index in [1.54, 1.807) is 0 Å². The van der Waals surface area contributed by atoms with Crippen LogP contribution in [0.3, 0.4) is 0 Å². The van der Waals surface area contributed by atoms with E-state index in [2.05, 4.69) is 60.0 Å². The Labute approximate surface area is 177 Å². The Hall–Kier alpha value is -2.12. The van der Waals surface area contributed by atoms with Crippen molar-refractivity contribution < 1.29 is 34.9 Å². The van der Waals surface area contributed by atoms with Crippen LogP contribution in [-0.2, 0) is 12.8 Å². The number of halogens is 6. The molecule has 31 heavy (non-hydrogen) atoms. The third kappa shape index (κ3) is 8.50. The first-order chi connectivity index (χ1) is 14.2. The zero-order valence-corrected chi connectivity index (χ0v) is 18.3. The quantitative estimate of drug-likeness (QED) is 0.287. The average molecular weight is 468 g/mol. The van der Waals surface area contributed by atoms with Gasteiger partial charge in [-0.1, -0.05) is 62.4 Å². The Kier molecular flexibility index (Phi) is 7.13. The van der Waals surface area contributed by atoms with Gasteiger partial charge in [0.2, 0.25) is 6.34 Å². The van der Waals surface area contributed by atoms with Crippen LogP contribution in [0.5, 0.6) is 0 Å². The van der Waals surface area contributed by atoms with Gasteiger partial charge in [0.25, 0.3) is 0 Å². The second kappa shape index (κ2) is 8.79. The zero-order chi connectivity index (χ0) is 23.3. The number of aryl methyl sites for hydroxylation is 2. The summed E-state index contributed by atoms with van der Waals surface area (Å²) in [5, 5.41) is 9.92. The van der Waals surface area contributed by atoms with E-state index in [1.807, 2.05) is 18.2 Å². The molecule has 0 fully saturated rings. The molecular weight excluding hydrogens is 441 g/mol. The maximum atomic E-state index is 9.92. The molecule has 2 aromatic rings. The van der Waals surface area contributed by atoms with Gasteiger partial charge in [-0.05, 0) is 29.5 Å². The summed E-state index contributed by atoms with van der Waals surface area (Å²) >= 11 is 0. The summed E-state index contributed by atoms with van der Waals surface area (Å²) in [6.45, 7) is 6.46. The van der Waals surface area contributed by atoms with Crippen molar-refractivity contribution in [3.05, 3.63) is 65.2 Å². The first kappa shape index (κ1) is 25.1. The number of anilines is 1. The topological polar surface area (TPSA) is 26.5 Å². The molecule has 0 saturated carbocycles. The van der Waals surface area contributed by atoms with Crippen molar-refractivity contribution in [2.75, 3.05) is 24.6 Å². The van der Waals surface area contributed by atoms with E-state index in [4.69, 9.17) is 0 Å². The predicted octanol–water partition coefficient (Wildman–Crippen LogP) is 6.79. The van der Waals surface area contributed by atoms with Gasteiger partial charge in [-0.25, -0.2) is 4.90 Å². The van der Waals surface area contributed by atoms with Crippen LogP contribution < -0.4 is 4.90 Å². The van der Waals surface area contributed by atoms with E-state index in [0.717, 1.165) is 31.5 Å². The van der Waals surface area contributed by atoms with E-state index in [1.165, 1.54) is 16.8 Å². The molecule has 0 radical (unpaired) electrons. The molecule has 0 amide bonds. The number of benzene rings is 2. The molecule has 0 unspecified atom stereocenters. The standard InChI is InChI=1S/C21H27N2O.F6P/c1-3-17-11-8-12-18(4-2)21(17)23-14-13-22(16-23)20(15-24)19-9-6-5-7-10-19;1-7(2,3,4,5)6/h5-12,16,20,24H,3-4,13-15H2,1-2H3;/q+1;-1/t20-;/m1./s1. The van der Waals surface area contributed by atoms with Gasteiger partial charge in [0, 0.05) is 0 Å². The van der Waals surface area contributed by atoms with Crippen molar-refractivity contribution in [3.8, 4) is 0 Å². The van der Waals surface area contributed by atoms with Gasteiger partial charge in [0.1, 0.15) is 24.8 Å². The van der Waals surface area contributed by atoms with Gasteiger partial charge in [-0.3, -0.25) is 4.58 Å². The molecule has 3 nitrogen and oxygen atoms in total. The molecule has 1 N–H and O–H groups in total. The number of aliphatic hydroxyl groups excluding tert-OH is 1. The van der Waals surface area contributed by atoms with Crippen molar-refractivity contribution in [2.45, 2.75) is 32.7 Å². The van der Waals surface area contributed by atoms with Crippen molar-refractivity contribution in [1.82, 2.24) is 0 Å². The van der Waals surface area contributed by atoms with E-state index >= 15 is 0 Å². The minimum atomic E-state index is -10.7. The Morgan fingerprint density at radius 3 is 1.87 bits per heavy atom. The van der Waals surface area contributed by atoms with Crippen LogP contribution in [0, 0.1) is 0 Å². The Bertz CT molecular complexity index is 883. The Morgan fingerprint density at radius 1 is 0.903 bits per heavy atom. The molecule has 0 aromatic heterocycles. The summed E-state index contributed by atoms with van der Waals surface area (Å²) in [6.07, 6.45) is 4.27. The number of hydrogen-bond acceptors (Lipinski definition) is 2. The number of rotatable bonds is 6. The molecule has 2 aromatic carbocycles. The molecule has 0 spiro atoms. The Balaban J connectivity index is 0.000000423. The fourth-order valence-electron chi connectivity index (χ4n) is 3.58. The molecule has 0 aliphatic carbocycles. The molecule has 1 heterocycles. The summed E-state index contributed by atoms with van der Waals surface area (Å²) in [5.41, 5.74) is 5.31. The van der Waals surface area contributed by atoms with Crippen LogP contribution >= 0.6 is 7.81 Å². The first-order valence-electron chi connectivity index (χ1n) is 9.93. The van der Waals surface area contributed by atoms with E-state index < -0.39 is 7.81 Å². The summed E-state index contributed by atoms with van der Waals surface area (Å²) in [5.74, 6) is 0. The Morgan fingerprint density at radius 2 is 1.42 bits per heavy atom. The second-order valence-electron chi connectivity index (χ2n) is 7.25. The minimum absolute atomic E-state index is 0.0232. The molecular formula is C21H27F6N2OP. The van der Waals surface area contributed by atoms with Gasteiger partial charge < -0.3 is 5.11 Å². The van der Waals surface area contributed by atoms with Crippen LogP contribution in [-0.4, -0.2) is 35.7 Å². The SMILES string of the molecule is CCc1cccc(CC)c1N1C=[N+]([C@H](CO)c2ccccc2)CC1.F[P-](F)(F)(F)(F)F. The summed E-state index contributed by atoms with van der Waals surface area (Å²) in [6, 6.07) is 16.9. The van der Waals surface area contributed by atoms with Crippen LogP contribution in [0.15, 0.2) is 48.5 Å². The number of aliphatic hydroxyl groups is 1. The number of para-hydroxylation sites is 1. The first-order valence-corrected chi connectivity index (χ1v) is 12.0. The second-order valence-corrected chi connectivity index (χ2v) is 9.16. The van der Waals surface area contributed by atoms with Gasteiger partial charge in [-0.2, -0.15) is 0 Å². The molecule has 0 saturated heterocycles. The molecule has 3 rings (SSSR count). The van der Waals surface area contributed by atoms with Crippen LogP contribution in [0.2, 0.25) is 0 Å². The molecule has 1 aliphatic rings. The molecule has 1 aliphatic heterocycles. The van der Waals surface area contributed by atoms with Crippen LogP contribution in [0.4, 0.5) is 30.9 Å². The molecule has 10 heteroatoms. The van der Waals surface area contributed by atoms with Gasteiger partial charge in [0.05, 0.1) is 6.61 Å². The molecule has 174 valence electrons. The molecule has 1 atom stereocenters. The van der Waals surface area contributed by atoms with Gasteiger partial charge in [0.15, 0.2) is 0 Å². The summed E-state index contributed by atoms with van der Waals surface area (Å²) in [4.78, 5) is 2.36. The fourth-order valence-corrected chi connectivity index (χ4v) is 3.58. The van der Waals surface area contributed by atoms with E-state index in [-0.39, 0.29) is 12.6 Å². The van der Waals surface area contributed by atoms with E-state index in [9.17, 15) is 30.3 Å². The van der Waals surface area contributed by atoms with Gasteiger partial charge >= 0.3 is 33.0 Å². The molecule has 0 bridgehead atoms. The number of hydrogen-bond donors (Lipinski definition) is 1. The van der Waals surface area contributed by atoms with Crippen molar-refractivity contribution >= 4 is 19.8 Å². The third-order valence-corrected chi connectivity index (χ3v) is 4.90. The average Bonchev–Trinajstić information content (AvgIpc) is 3.15. The normalized spacial score (nSPS) is 17.2.